The Balaban J connectivity index is 2.36. The van der Waals surface area contributed by atoms with Gasteiger partial charge in [-0.1, -0.05) is 6.07 Å². The van der Waals surface area contributed by atoms with E-state index < -0.39 is 22.1 Å². The molecule has 2 aromatic carbocycles. The molecular formula is C15H13NO5. The van der Waals surface area contributed by atoms with Crippen molar-refractivity contribution in [1.29, 1.82) is 0 Å². The van der Waals surface area contributed by atoms with Crippen LogP contribution in [-0.4, -0.2) is 16.0 Å². The normalized spacial score (nSPS) is 10.2. The lowest BCUT2D eigenvalue weighted by molar-refractivity contribution is -0.385. The van der Waals surface area contributed by atoms with Gasteiger partial charge in [0.1, 0.15) is 17.1 Å². The fourth-order valence-electron chi connectivity index (χ4n) is 1.82. The van der Waals surface area contributed by atoms with E-state index in [1.807, 2.05) is 26.0 Å². The van der Waals surface area contributed by atoms with Gasteiger partial charge >= 0.3 is 5.97 Å². The first-order chi connectivity index (χ1) is 9.88. The third-order valence-corrected chi connectivity index (χ3v) is 3.11. The zero-order valence-corrected chi connectivity index (χ0v) is 11.5. The van der Waals surface area contributed by atoms with Gasteiger partial charge in [0.05, 0.1) is 4.92 Å². The Hall–Kier alpha value is -2.89. The SMILES string of the molecule is Cc1ccc(Oc2ccc([N+](=O)[O-])c(C(=O)O)c2)cc1C. The third-order valence-electron chi connectivity index (χ3n) is 3.11. The molecule has 0 amide bonds. The van der Waals surface area contributed by atoms with Crippen molar-refractivity contribution in [3.05, 3.63) is 63.2 Å². The van der Waals surface area contributed by atoms with Gasteiger partial charge in [-0.2, -0.15) is 0 Å². The van der Waals surface area contributed by atoms with Crippen molar-refractivity contribution in [2.24, 2.45) is 0 Å². The smallest absolute Gasteiger partial charge is 0.342 e. The Morgan fingerprint density at radius 3 is 2.29 bits per heavy atom. The van der Waals surface area contributed by atoms with Crippen molar-refractivity contribution < 1.29 is 19.6 Å². The minimum Gasteiger partial charge on any atom is -0.477 e. The molecule has 0 radical (unpaired) electrons. The highest BCUT2D eigenvalue weighted by Crippen LogP contribution is 2.28. The van der Waals surface area contributed by atoms with Crippen LogP contribution in [0.3, 0.4) is 0 Å². The molecule has 0 saturated carbocycles. The summed E-state index contributed by atoms with van der Waals surface area (Å²) in [6.07, 6.45) is 0. The number of benzene rings is 2. The van der Waals surface area contributed by atoms with Gasteiger partial charge < -0.3 is 9.84 Å². The van der Waals surface area contributed by atoms with Gasteiger partial charge in [0.2, 0.25) is 0 Å². The summed E-state index contributed by atoms with van der Waals surface area (Å²) >= 11 is 0. The predicted octanol–water partition coefficient (Wildman–Crippen LogP) is 3.70. The maximum absolute atomic E-state index is 11.1. The van der Waals surface area contributed by atoms with E-state index in [4.69, 9.17) is 9.84 Å². The van der Waals surface area contributed by atoms with Gasteiger partial charge in [-0.05, 0) is 43.2 Å². The summed E-state index contributed by atoms with van der Waals surface area (Å²) in [7, 11) is 0. The zero-order valence-electron chi connectivity index (χ0n) is 11.5. The molecule has 6 heteroatoms. The van der Waals surface area contributed by atoms with E-state index in [1.165, 1.54) is 6.07 Å². The molecular weight excluding hydrogens is 274 g/mol. The molecule has 2 rings (SSSR count). The van der Waals surface area contributed by atoms with Crippen molar-refractivity contribution in [2.45, 2.75) is 13.8 Å². The van der Waals surface area contributed by atoms with Crippen LogP contribution in [0.4, 0.5) is 5.69 Å². The highest BCUT2D eigenvalue weighted by atomic mass is 16.6. The van der Waals surface area contributed by atoms with Crippen molar-refractivity contribution in [3.63, 3.8) is 0 Å². The molecule has 6 nitrogen and oxygen atoms in total. The summed E-state index contributed by atoms with van der Waals surface area (Å²) in [5.41, 5.74) is 1.28. The summed E-state index contributed by atoms with van der Waals surface area (Å²) in [6, 6.07) is 9.10. The van der Waals surface area contributed by atoms with Crippen LogP contribution in [0.15, 0.2) is 36.4 Å². The molecule has 0 saturated heterocycles. The minimum absolute atomic E-state index is 0.237. The molecule has 0 heterocycles. The summed E-state index contributed by atoms with van der Waals surface area (Å²) < 4.78 is 5.55. The van der Waals surface area contributed by atoms with Crippen LogP contribution in [0.25, 0.3) is 0 Å². The topological polar surface area (TPSA) is 89.7 Å². The van der Waals surface area contributed by atoms with Crippen LogP contribution in [0.1, 0.15) is 21.5 Å². The van der Waals surface area contributed by atoms with E-state index in [1.54, 1.807) is 6.07 Å². The molecule has 21 heavy (non-hydrogen) atoms. The second-order valence-corrected chi connectivity index (χ2v) is 4.59. The molecule has 0 atom stereocenters. The Kier molecular flexibility index (Phi) is 3.89. The Morgan fingerprint density at radius 1 is 1.10 bits per heavy atom. The predicted molar refractivity (Wildman–Crippen MR) is 76.0 cm³/mol. The summed E-state index contributed by atoms with van der Waals surface area (Å²) in [4.78, 5) is 21.1. The van der Waals surface area contributed by atoms with Crippen LogP contribution >= 0.6 is 0 Å². The van der Waals surface area contributed by atoms with Crippen LogP contribution in [0.2, 0.25) is 0 Å². The molecule has 0 bridgehead atoms. The molecule has 0 fully saturated rings. The number of carboxylic acid groups (broad SMARTS) is 1. The van der Waals surface area contributed by atoms with Crippen molar-refractivity contribution >= 4 is 11.7 Å². The first-order valence-corrected chi connectivity index (χ1v) is 6.15. The fraction of sp³-hybridized carbons (Fsp3) is 0.133. The van der Waals surface area contributed by atoms with Crippen molar-refractivity contribution in [2.75, 3.05) is 0 Å². The standard InChI is InChI=1S/C15H13NO5/c1-9-3-4-11(7-10(9)2)21-12-5-6-14(16(19)20)13(8-12)15(17)18/h3-8H,1-2H3,(H,17,18). The second-order valence-electron chi connectivity index (χ2n) is 4.59. The Morgan fingerprint density at radius 2 is 1.71 bits per heavy atom. The molecule has 108 valence electrons. The molecule has 0 aliphatic heterocycles. The monoisotopic (exact) mass is 287 g/mol. The molecule has 0 aromatic heterocycles. The maximum Gasteiger partial charge on any atom is 0.342 e. The first-order valence-electron chi connectivity index (χ1n) is 6.15. The van der Waals surface area contributed by atoms with E-state index in [0.717, 1.165) is 23.3 Å². The first kappa shape index (κ1) is 14.5. The van der Waals surface area contributed by atoms with Gasteiger partial charge in [0.15, 0.2) is 0 Å². The van der Waals surface area contributed by atoms with E-state index >= 15 is 0 Å². The number of ether oxygens (including phenoxy) is 1. The molecule has 2 aromatic rings. The highest BCUT2D eigenvalue weighted by molar-refractivity contribution is 5.92. The van der Waals surface area contributed by atoms with Gasteiger partial charge in [0, 0.05) is 12.1 Å². The summed E-state index contributed by atoms with van der Waals surface area (Å²) in [5, 5.41) is 19.8. The lowest BCUT2D eigenvalue weighted by Crippen LogP contribution is -2.02. The van der Waals surface area contributed by atoms with Crippen LogP contribution < -0.4 is 4.74 Å². The lowest BCUT2D eigenvalue weighted by Gasteiger charge is -2.08. The number of nitro groups is 1. The van der Waals surface area contributed by atoms with E-state index in [9.17, 15) is 14.9 Å². The van der Waals surface area contributed by atoms with Gasteiger partial charge in [0.25, 0.3) is 5.69 Å². The number of hydrogen-bond acceptors (Lipinski definition) is 4. The number of aromatic carboxylic acids is 1. The van der Waals surface area contributed by atoms with Crippen LogP contribution in [0.5, 0.6) is 11.5 Å². The van der Waals surface area contributed by atoms with Crippen LogP contribution in [-0.2, 0) is 0 Å². The molecule has 1 N–H and O–H groups in total. The molecule has 0 unspecified atom stereocenters. The molecule has 0 aliphatic carbocycles. The number of carbonyl (C=O) groups is 1. The largest absolute Gasteiger partial charge is 0.477 e. The van der Waals surface area contributed by atoms with Gasteiger partial charge in [-0.3, -0.25) is 10.1 Å². The zero-order chi connectivity index (χ0) is 15.6. The molecule has 0 aliphatic rings. The number of carboxylic acids is 1. The number of hydrogen-bond donors (Lipinski definition) is 1. The van der Waals surface area contributed by atoms with Gasteiger partial charge in [-0.15, -0.1) is 0 Å². The maximum atomic E-state index is 11.1. The van der Waals surface area contributed by atoms with E-state index in [-0.39, 0.29) is 5.75 Å². The number of nitrogens with zero attached hydrogens (tertiary/aromatic N) is 1. The minimum atomic E-state index is -1.37. The average molecular weight is 287 g/mol. The molecule has 0 spiro atoms. The summed E-state index contributed by atoms with van der Waals surface area (Å²) in [5.74, 6) is -0.586. The second kappa shape index (κ2) is 5.62. The number of aryl methyl sites for hydroxylation is 2. The lowest BCUT2D eigenvalue weighted by atomic mass is 10.1. The van der Waals surface area contributed by atoms with Crippen LogP contribution in [0, 0.1) is 24.0 Å². The van der Waals surface area contributed by atoms with Crippen molar-refractivity contribution in [3.8, 4) is 11.5 Å². The number of nitro benzene ring substituents is 1. The van der Waals surface area contributed by atoms with Crippen molar-refractivity contribution in [1.82, 2.24) is 0 Å². The van der Waals surface area contributed by atoms with E-state index in [2.05, 4.69) is 0 Å². The quantitative estimate of drug-likeness (QED) is 0.684. The highest BCUT2D eigenvalue weighted by Gasteiger charge is 2.20. The third kappa shape index (κ3) is 3.17. The fourth-order valence-corrected chi connectivity index (χ4v) is 1.82. The number of rotatable bonds is 4. The average Bonchev–Trinajstić information content (AvgIpc) is 2.42. The Bertz CT molecular complexity index is 724. The van der Waals surface area contributed by atoms with Gasteiger partial charge in [-0.25, -0.2) is 4.79 Å². The van der Waals surface area contributed by atoms with E-state index in [0.29, 0.717) is 5.75 Å². The summed E-state index contributed by atoms with van der Waals surface area (Å²) in [6.45, 7) is 3.90. The Labute approximate surface area is 120 Å².